The maximum atomic E-state index is 2.51. The van der Waals surface area contributed by atoms with Gasteiger partial charge in [-0.3, -0.25) is 0 Å². The van der Waals surface area contributed by atoms with Crippen molar-refractivity contribution in [2.24, 2.45) is 0 Å². The number of anilines is 6. The second-order valence-corrected chi connectivity index (χ2v) is 19.4. The van der Waals surface area contributed by atoms with Gasteiger partial charge in [-0.2, -0.15) is 0 Å². The summed E-state index contributed by atoms with van der Waals surface area (Å²) >= 11 is 3.72. The minimum absolute atomic E-state index is 1.08. The first-order valence-corrected chi connectivity index (χ1v) is 24.7. The number of fused-ring (bicyclic) bond motifs is 7. The number of hydrogen-bond donors (Lipinski definition) is 0. The van der Waals surface area contributed by atoms with Gasteiger partial charge in [0.1, 0.15) is 0 Å². The van der Waals surface area contributed by atoms with Crippen molar-refractivity contribution >= 4 is 108 Å². The molecule has 0 radical (unpaired) electrons. The second kappa shape index (κ2) is 16.9. The average molecular weight is 903 g/mol. The van der Waals surface area contributed by atoms with Gasteiger partial charge in [0.05, 0.1) is 22.7 Å². The van der Waals surface area contributed by atoms with Crippen molar-refractivity contribution in [1.82, 2.24) is 0 Å². The zero-order chi connectivity index (χ0) is 45.0. The molecule has 0 spiro atoms. The molecule has 0 atom stereocenters. The third kappa shape index (κ3) is 6.84. The third-order valence-corrected chi connectivity index (χ3v) is 15.5. The Morgan fingerprint density at radius 3 is 1.24 bits per heavy atom. The van der Waals surface area contributed by atoms with Crippen LogP contribution in [0.2, 0.25) is 0 Å². The second-order valence-electron chi connectivity index (χ2n) is 17.2. The Bertz CT molecular complexity index is 3890. The molecule has 2 heterocycles. The van der Waals surface area contributed by atoms with E-state index in [2.05, 4.69) is 265 Å². The number of para-hydroxylation sites is 1. The fourth-order valence-electron chi connectivity index (χ4n) is 10.2. The van der Waals surface area contributed by atoms with Crippen LogP contribution in [0.3, 0.4) is 0 Å². The van der Waals surface area contributed by atoms with E-state index < -0.39 is 0 Å². The lowest BCUT2D eigenvalue weighted by molar-refractivity contribution is 1.29. The first-order chi connectivity index (χ1) is 33.7. The molecular formula is C64H42N2S2. The monoisotopic (exact) mass is 902 g/mol. The van der Waals surface area contributed by atoms with Gasteiger partial charge in [-0.05, 0) is 106 Å². The minimum atomic E-state index is 1.08. The summed E-state index contributed by atoms with van der Waals surface area (Å²) in [6.45, 7) is 0. The van der Waals surface area contributed by atoms with Crippen molar-refractivity contribution in [2.75, 3.05) is 9.80 Å². The first-order valence-electron chi connectivity index (χ1n) is 23.1. The molecule has 0 aliphatic heterocycles. The lowest BCUT2D eigenvalue weighted by Crippen LogP contribution is -2.12. The molecular weight excluding hydrogens is 861 g/mol. The molecule has 0 aliphatic carbocycles. The largest absolute Gasteiger partial charge is 0.309 e. The SMILES string of the molecule is c1ccc(-c2ccccc2N(c2cccc(-c3cccc(N(c4cccc5sc6ccccc6c45)c4cccc5sc6ccccc6c45)c3)c2)c2ccc(-c3ccccc3)c3ccccc23)cc1. The Kier molecular flexibility index (Phi) is 9.93. The van der Waals surface area contributed by atoms with Crippen LogP contribution in [0.25, 0.3) is 84.5 Å². The van der Waals surface area contributed by atoms with Crippen molar-refractivity contribution in [3.05, 3.63) is 255 Å². The minimum Gasteiger partial charge on any atom is -0.309 e. The molecule has 2 aromatic heterocycles. The molecule has 2 nitrogen and oxygen atoms in total. The lowest BCUT2D eigenvalue weighted by Gasteiger charge is -2.30. The van der Waals surface area contributed by atoms with Gasteiger partial charge in [0.2, 0.25) is 0 Å². The number of nitrogens with zero attached hydrogens (tertiary/aromatic N) is 2. The topological polar surface area (TPSA) is 6.48 Å². The van der Waals surface area contributed by atoms with Crippen molar-refractivity contribution in [1.29, 1.82) is 0 Å². The number of benzene rings is 11. The molecule has 0 saturated carbocycles. The van der Waals surface area contributed by atoms with E-state index in [0.717, 1.165) is 39.4 Å². The van der Waals surface area contributed by atoms with E-state index in [0.29, 0.717) is 0 Å². The van der Waals surface area contributed by atoms with Gasteiger partial charge in [0, 0.05) is 62.7 Å². The van der Waals surface area contributed by atoms with E-state index >= 15 is 0 Å². The Labute approximate surface area is 403 Å². The first kappa shape index (κ1) is 40.0. The molecule has 0 bridgehead atoms. The summed E-state index contributed by atoms with van der Waals surface area (Å²) in [5, 5.41) is 7.50. The van der Waals surface area contributed by atoms with Gasteiger partial charge >= 0.3 is 0 Å². The van der Waals surface area contributed by atoms with E-state index in [1.165, 1.54) is 79.2 Å². The quantitative estimate of drug-likeness (QED) is 0.142. The van der Waals surface area contributed by atoms with Crippen molar-refractivity contribution in [3.8, 4) is 33.4 Å². The normalized spacial score (nSPS) is 11.5. The summed E-state index contributed by atoms with van der Waals surface area (Å²) in [6, 6.07) is 93.2. The maximum absolute atomic E-state index is 2.51. The van der Waals surface area contributed by atoms with Gasteiger partial charge in [-0.15, -0.1) is 22.7 Å². The summed E-state index contributed by atoms with van der Waals surface area (Å²) in [6.07, 6.45) is 0. The summed E-state index contributed by atoms with van der Waals surface area (Å²) in [7, 11) is 0. The van der Waals surface area contributed by atoms with Gasteiger partial charge < -0.3 is 9.80 Å². The van der Waals surface area contributed by atoms with E-state index in [1.54, 1.807) is 0 Å². The van der Waals surface area contributed by atoms with Gasteiger partial charge in [0.25, 0.3) is 0 Å². The predicted octanol–water partition coefficient (Wildman–Crippen LogP) is 19.5. The van der Waals surface area contributed by atoms with Crippen LogP contribution in [-0.2, 0) is 0 Å². The zero-order valence-electron chi connectivity index (χ0n) is 37.0. The van der Waals surface area contributed by atoms with Gasteiger partial charge in [0.15, 0.2) is 0 Å². The van der Waals surface area contributed by atoms with Crippen LogP contribution in [0.1, 0.15) is 0 Å². The molecule has 0 N–H and O–H groups in total. The highest BCUT2D eigenvalue weighted by molar-refractivity contribution is 7.26. The van der Waals surface area contributed by atoms with E-state index in [1.807, 2.05) is 22.7 Å². The van der Waals surface area contributed by atoms with Crippen LogP contribution in [0.5, 0.6) is 0 Å². The van der Waals surface area contributed by atoms with E-state index in [-0.39, 0.29) is 0 Å². The van der Waals surface area contributed by atoms with Crippen LogP contribution in [0.4, 0.5) is 34.1 Å². The fourth-order valence-corrected chi connectivity index (χ4v) is 12.5. The molecule has 0 fully saturated rings. The maximum Gasteiger partial charge on any atom is 0.0555 e. The molecule has 0 aliphatic rings. The molecule has 0 saturated heterocycles. The summed E-state index contributed by atoms with van der Waals surface area (Å²) in [5.74, 6) is 0. The van der Waals surface area contributed by atoms with Crippen LogP contribution >= 0.6 is 22.7 Å². The number of rotatable bonds is 9. The van der Waals surface area contributed by atoms with Gasteiger partial charge in [-0.25, -0.2) is 0 Å². The smallest absolute Gasteiger partial charge is 0.0555 e. The highest BCUT2D eigenvalue weighted by Gasteiger charge is 2.24. The Morgan fingerprint density at radius 2 is 0.647 bits per heavy atom. The molecule has 13 rings (SSSR count). The summed E-state index contributed by atoms with van der Waals surface area (Å²) < 4.78 is 5.14. The summed E-state index contributed by atoms with van der Waals surface area (Å²) in [4.78, 5) is 4.98. The van der Waals surface area contributed by atoms with Crippen molar-refractivity contribution < 1.29 is 0 Å². The van der Waals surface area contributed by atoms with Crippen LogP contribution in [-0.4, -0.2) is 0 Å². The van der Waals surface area contributed by atoms with Crippen LogP contribution in [0, 0.1) is 0 Å². The number of hydrogen-bond acceptors (Lipinski definition) is 4. The standard InChI is InChI=1S/C64H42N2S2/c1-3-19-43(20-4-1)49-39-40-56(52-29-8-7-28-51(49)52)65(55-32-12-9-27-50(55)44-21-5-2-6-22-44)47-25-15-23-45(41-47)46-24-16-26-48(42-46)66(57-33-17-37-61-63(57)53-30-10-13-35-59(53)67-61)58-34-18-38-62-64(58)54-31-11-14-36-60(54)68-62/h1-42H. The predicted molar refractivity (Wildman–Crippen MR) is 295 cm³/mol. The highest BCUT2D eigenvalue weighted by Crippen LogP contribution is 2.50. The third-order valence-electron chi connectivity index (χ3n) is 13.2. The molecule has 13 aromatic rings. The highest BCUT2D eigenvalue weighted by atomic mass is 32.1. The van der Waals surface area contributed by atoms with Crippen molar-refractivity contribution in [3.63, 3.8) is 0 Å². The van der Waals surface area contributed by atoms with Gasteiger partial charge in [-0.1, -0.05) is 182 Å². The molecule has 320 valence electrons. The van der Waals surface area contributed by atoms with E-state index in [9.17, 15) is 0 Å². The fraction of sp³-hybridized carbons (Fsp3) is 0. The Morgan fingerprint density at radius 1 is 0.235 bits per heavy atom. The lowest BCUT2D eigenvalue weighted by atomic mass is 9.95. The average Bonchev–Trinajstić information content (AvgIpc) is 3.99. The van der Waals surface area contributed by atoms with E-state index in [4.69, 9.17) is 0 Å². The number of thiophene rings is 2. The van der Waals surface area contributed by atoms with Crippen molar-refractivity contribution in [2.45, 2.75) is 0 Å². The summed E-state index contributed by atoms with van der Waals surface area (Å²) in [5.41, 5.74) is 13.8. The zero-order valence-corrected chi connectivity index (χ0v) is 38.6. The van der Waals surface area contributed by atoms with Crippen LogP contribution in [0.15, 0.2) is 255 Å². The van der Waals surface area contributed by atoms with Crippen LogP contribution < -0.4 is 9.80 Å². The molecule has 4 heteroatoms. The molecule has 11 aromatic carbocycles. The Hall–Kier alpha value is -8.28. The molecule has 0 amide bonds. The molecule has 0 unspecified atom stereocenters. The Balaban J connectivity index is 1.01. The molecule has 68 heavy (non-hydrogen) atoms.